The molecule has 2 atom stereocenters. The first-order chi connectivity index (χ1) is 8.16. The van der Waals surface area contributed by atoms with Gasteiger partial charge >= 0.3 is 0 Å². The Hall–Kier alpha value is -0.450. The van der Waals surface area contributed by atoms with E-state index in [-0.39, 0.29) is 0 Å². The van der Waals surface area contributed by atoms with Crippen molar-refractivity contribution in [2.75, 3.05) is 13.6 Å². The minimum atomic E-state index is 0.640. The van der Waals surface area contributed by atoms with E-state index in [1.54, 1.807) is 0 Å². The topological polar surface area (TPSA) is 28.2 Å². The number of likely N-dealkylation sites (tertiary alicyclic amines) is 1. The van der Waals surface area contributed by atoms with E-state index >= 15 is 0 Å². The van der Waals surface area contributed by atoms with Crippen LogP contribution < -0.4 is 5.32 Å². The van der Waals surface area contributed by atoms with Gasteiger partial charge in [-0.2, -0.15) is 0 Å². The van der Waals surface area contributed by atoms with Crippen LogP contribution in [-0.2, 0) is 6.54 Å². The van der Waals surface area contributed by atoms with Gasteiger partial charge in [-0.25, -0.2) is 0 Å². The molecule has 1 aliphatic heterocycles. The molecule has 0 spiro atoms. The summed E-state index contributed by atoms with van der Waals surface area (Å²) < 4.78 is 1.09. The van der Waals surface area contributed by atoms with Gasteiger partial charge in [-0.05, 0) is 60.9 Å². The van der Waals surface area contributed by atoms with Crippen LogP contribution in [0.25, 0.3) is 0 Å². The molecule has 4 heteroatoms. The number of hydrogen-bond donors (Lipinski definition) is 1. The van der Waals surface area contributed by atoms with Crippen molar-refractivity contribution >= 4 is 15.9 Å². The van der Waals surface area contributed by atoms with Gasteiger partial charge in [-0.3, -0.25) is 4.98 Å². The van der Waals surface area contributed by atoms with E-state index in [4.69, 9.17) is 0 Å². The summed E-state index contributed by atoms with van der Waals surface area (Å²) in [6.07, 6.45) is 6.18. The van der Waals surface area contributed by atoms with E-state index in [9.17, 15) is 0 Å². The van der Waals surface area contributed by atoms with Crippen LogP contribution in [0.3, 0.4) is 0 Å². The molecule has 17 heavy (non-hydrogen) atoms. The number of nitrogens with one attached hydrogen (secondary N) is 1. The fraction of sp³-hybridized carbons (Fsp3) is 0.615. The molecule has 1 saturated heterocycles. The molecule has 1 aromatic rings. The lowest BCUT2D eigenvalue weighted by Crippen LogP contribution is -2.45. The maximum atomic E-state index is 4.08. The Morgan fingerprint density at radius 2 is 2.41 bits per heavy atom. The zero-order valence-corrected chi connectivity index (χ0v) is 12.1. The van der Waals surface area contributed by atoms with E-state index < -0.39 is 0 Å². The summed E-state index contributed by atoms with van der Waals surface area (Å²) in [5, 5.41) is 3.65. The molecule has 1 aliphatic rings. The quantitative estimate of drug-likeness (QED) is 0.929. The molecule has 2 unspecified atom stereocenters. The van der Waals surface area contributed by atoms with Crippen LogP contribution in [0.4, 0.5) is 0 Å². The van der Waals surface area contributed by atoms with Crippen molar-refractivity contribution in [3.8, 4) is 0 Å². The van der Waals surface area contributed by atoms with Crippen LogP contribution in [0.1, 0.15) is 25.3 Å². The van der Waals surface area contributed by atoms with Crippen LogP contribution in [0.2, 0.25) is 0 Å². The third kappa shape index (κ3) is 3.50. The monoisotopic (exact) mass is 297 g/mol. The molecule has 3 nitrogen and oxygen atoms in total. The predicted molar refractivity (Wildman–Crippen MR) is 73.9 cm³/mol. The molecule has 0 radical (unpaired) electrons. The highest BCUT2D eigenvalue weighted by Gasteiger charge is 2.22. The summed E-state index contributed by atoms with van der Waals surface area (Å²) in [4.78, 5) is 6.51. The van der Waals surface area contributed by atoms with Gasteiger partial charge in [0.05, 0.1) is 0 Å². The minimum Gasteiger partial charge on any atom is -0.310 e. The first kappa shape index (κ1) is 13.0. The van der Waals surface area contributed by atoms with Crippen LogP contribution >= 0.6 is 15.9 Å². The fourth-order valence-electron chi connectivity index (χ4n) is 2.28. The second-order valence-electron chi connectivity index (χ2n) is 4.90. The van der Waals surface area contributed by atoms with E-state index in [0.29, 0.717) is 12.1 Å². The molecule has 0 aromatic carbocycles. The van der Waals surface area contributed by atoms with Crippen molar-refractivity contribution in [1.29, 1.82) is 0 Å². The summed E-state index contributed by atoms with van der Waals surface area (Å²) in [5.41, 5.74) is 1.28. The lowest BCUT2D eigenvalue weighted by molar-refractivity contribution is 0.168. The van der Waals surface area contributed by atoms with E-state index in [2.05, 4.69) is 51.2 Å². The van der Waals surface area contributed by atoms with Crippen molar-refractivity contribution in [2.24, 2.45) is 0 Å². The molecule has 2 rings (SSSR count). The van der Waals surface area contributed by atoms with Gasteiger partial charge in [0.1, 0.15) is 0 Å². The Morgan fingerprint density at radius 3 is 3.12 bits per heavy atom. The maximum Gasteiger partial charge on any atom is 0.0413 e. The molecule has 1 aromatic heterocycles. The zero-order valence-electron chi connectivity index (χ0n) is 10.5. The van der Waals surface area contributed by atoms with Gasteiger partial charge < -0.3 is 10.2 Å². The molecule has 1 N–H and O–H groups in total. The fourth-order valence-corrected chi connectivity index (χ4v) is 2.67. The second kappa shape index (κ2) is 5.94. The molecule has 1 fully saturated rings. The van der Waals surface area contributed by atoms with Crippen molar-refractivity contribution in [2.45, 2.75) is 38.4 Å². The van der Waals surface area contributed by atoms with Crippen LogP contribution in [-0.4, -0.2) is 35.6 Å². The third-order valence-electron chi connectivity index (χ3n) is 3.65. The van der Waals surface area contributed by atoms with Crippen LogP contribution in [0.5, 0.6) is 0 Å². The lowest BCUT2D eigenvalue weighted by atomic mass is 9.99. The van der Waals surface area contributed by atoms with E-state index in [0.717, 1.165) is 11.0 Å². The number of piperidine rings is 1. The van der Waals surface area contributed by atoms with E-state index in [1.807, 2.05) is 12.4 Å². The standard InChI is InChI=1S/C13H20BrN3/c1-10-7-12(4-6-17(10)2)16-8-11-3-5-15-9-13(11)14/h3,5,9-10,12,16H,4,6-8H2,1-2H3. The number of rotatable bonds is 3. The highest BCUT2D eigenvalue weighted by molar-refractivity contribution is 9.10. The van der Waals surface area contributed by atoms with Crippen molar-refractivity contribution < 1.29 is 0 Å². The summed E-state index contributed by atoms with van der Waals surface area (Å²) in [5.74, 6) is 0. The highest BCUT2D eigenvalue weighted by atomic mass is 79.9. The van der Waals surface area contributed by atoms with Gasteiger partial charge in [-0.1, -0.05) is 0 Å². The Kier molecular flexibility index (Phi) is 4.54. The minimum absolute atomic E-state index is 0.640. The van der Waals surface area contributed by atoms with Gasteiger partial charge in [0.2, 0.25) is 0 Å². The maximum absolute atomic E-state index is 4.08. The Morgan fingerprint density at radius 1 is 1.59 bits per heavy atom. The predicted octanol–water partition coefficient (Wildman–Crippen LogP) is 2.42. The Bertz CT molecular complexity index is 369. The van der Waals surface area contributed by atoms with Gasteiger partial charge in [0.15, 0.2) is 0 Å². The zero-order chi connectivity index (χ0) is 12.3. The largest absolute Gasteiger partial charge is 0.310 e. The average Bonchev–Trinajstić information content (AvgIpc) is 2.32. The number of pyridine rings is 1. The summed E-state index contributed by atoms with van der Waals surface area (Å²) in [7, 11) is 2.21. The number of nitrogens with zero attached hydrogens (tertiary/aromatic N) is 2. The number of halogens is 1. The Labute approximate surface area is 112 Å². The van der Waals surface area contributed by atoms with Gasteiger partial charge in [0, 0.05) is 35.5 Å². The molecular weight excluding hydrogens is 278 g/mol. The van der Waals surface area contributed by atoms with Crippen molar-refractivity contribution in [3.63, 3.8) is 0 Å². The summed E-state index contributed by atoms with van der Waals surface area (Å²) in [6, 6.07) is 3.39. The van der Waals surface area contributed by atoms with Crippen molar-refractivity contribution in [1.82, 2.24) is 15.2 Å². The van der Waals surface area contributed by atoms with Crippen molar-refractivity contribution in [3.05, 3.63) is 28.5 Å². The molecule has 0 amide bonds. The SMILES string of the molecule is CC1CC(NCc2ccncc2Br)CCN1C. The average molecular weight is 298 g/mol. The first-order valence-electron chi connectivity index (χ1n) is 6.19. The van der Waals surface area contributed by atoms with Gasteiger partial charge in [0.25, 0.3) is 0 Å². The molecule has 0 saturated carbocycles. The summed E-state index contributed by atoms with van der Waals surface area (Å²) >= 11 is 3.53. The van der Waals surface area contributed by atoms with Crippen LogP contribution in [0, 0.1) is 0 Å². The molecule has 0 bridgehead atoms. The molecule has 0 aliphatic carbocycles. The lowest BCUT2D eigenvalue weighted by Gasteiger charge is -2.35. The molecule has 2 heterocycles. The van der Waals surface area contributed by atoms with E-state index in [1.165, 1.54) is 24.9 Å². The molecular formula is C13H20BrN3. The second-order valence-corrected chi connectivity index (χ2v) is 5.75. The first-order valence-corrected chi connectivity index (χ1v) is 6.98. The normalized spacial score (nSPS) is 26.1. The molecule has 94 valence electrons. The Balaban J connectivity index is 1.85. The third-order valence-corrected chi connectivity index (χ3v) is 4.36. The smallest absolute Gasteiger partial charge is 0.0413 e. The highest BCUT2D eigenvalue weighted by Crippen LogP contribution is 2.18. The van der Waals surface area contributed by atoms with Gasteiger partial charge in [-0.15, -0.1) is 0 Å². The number of hydrogen-bond acceptors (Lipinski definition) is 3. The summed E-state index contributed by atoms with van der Waals surface area (Å²) in [6.45, 7) is 4.41. The number of aromatic nitrogens is 1. The van der Waals surface area contributed by atoms with Crippen LogP contribution in [0.15, 0.2) is 22.9 Å².